The number of aromatic nitrogens is 2. The summed E-state index contributed by atoms with van der Waals surface area (Å²) in [5, 5.41) is 15.8. The Hall–Kier alpha value is -3.11. The molecule has 2 aromatic heterocycles. The number of benzene rings is 2. The number of halogens is 1. The number of phenols is 1. The van der Waals surface area contributed by atoms with Crippen molar-refractivity contribution in [1.82, 2.24) is 9.97 Å². The molecule has 0 radical (unpaired) electrons. The first-order valence-corrected chi connectivity index (χ1v) is 8.60. The Labute approximate surface area is 156 Å². The minimum Gasteiger partial charge on any atom is -0.505 e. The Morgan fingerprint density at radius 2 is 1.77 bits per heavy atom. The van der Waals surface area contributed by atoms with Crippen LogP contribution in [0, 0.1) is 0 Å². The summed E-state index contributed by atoms with van der Waals surface area (Å²) in [5.74, 6) is 0.147. The maximum atomic E-state index is 10.9. The van der Waals surface area contributed by atoms with Crippen molar-refractivity contribution in [1.29, 1.82) is 0 Å². The molecule has 0 fully saturated rings. The molecular weight excluding hydrogens is 346 g/mol. The summed E-state index contributed by atoms with van der Waals surface area (Å²) in [7, 11) is 0. The molecule has 0 unspecified atom stereocenters. The number of rotatable bonds is 4. The second-order valence-electron chi connectivity index (χ2n) is 5.92. The van der Waals surface area contributed by atoms with Crippen LogP contribution in [-0.2, 0) is 0 Å². The van der Waals surface area contributed by atoms with Gasteiger partial charge in [-0.2, -0.15) is 0 Å². The molecule has 2 aromatic carbocycles. The van der Waals surface area contributed by atoms with E-state index < -0.39 is 0 Å². The molecule has 0 saturated heterocycles. The zero-order chi connectivity index (χ0) is 17.9. The molecule has 0 aliphatic heterocycles. The predicted octanol–water partition coefficient (Wildman–Crippen LogP) is 5.19. The molecular formula is C21H16ClN3O. The fourth-order valence-corrected chi connectivity index (χ4v) is 3.17. The van der Waals surface area contributed by atoms with Gasteiger partial charge in [0.15, 0.2) is 0 Å². The Kier molecular flexibility index (Phi) is 4.42. The molecule has 0 aliphatic carbocycles. The average Bonchev–Trinajstić information content (AvgIpc) is 2.68. The van der Waals surface area contributed by atoms with Crippen LogP contribution in [0.4, 0.5) is 5.69 Å². The summed E-state index contributed by atoms with van der Waals surface area (Å²) in [6.07, 6.45) is 3.41. The van der Waals surface area contributed by atoms with Gasteiger partial charge < -0.3 is 10.4 Å². The van der Waals surface area contributed by atoms with Crippen LogP contribution in [0.15, 0.2) is 79.1 Å². The van der Waals surface area contributed by atoms with E-state index in [0.29, 0.717) is 16.1 Å². The summed E-state index contributed by atoms with van der Waals surface area (Å²) < 4.78 is 0. The van der Waals surface area contributed by atoms with Crippen molar-refractivity contribution >= 4 is 28.2 Å². The summed E-state index contributed by atoms with van der Waals surface area (Å²) in [5.41, 5.74) is 2.90. The van der Waals surface area contributed by atoms with Gasteiger partial charge in [0.25, 0.3) is 0 Å². The van der Waals surface area contributed by atoms with Gasteiger partial charge in [-0.05, 0) is 36.4 Å². The summed E-state index contributed by atoms with van der Waals surface area (Å²) >= 11 is 6.11. The van der Waals surface area contributed by atoms with E-state index in [1.165, 1.54) is 0 Å². The number of hydrogen-bond donors (Lipinski definition) is 2. The highest BCUT2D eigenvalue weighted by Crippen LogP contribution is 2.36. The van der Waals surface area contributed by atoms with Gasteiger partial charge in [-0.1, -0.05) is 41.9 Å². The van der Waals surface area contributed by atoms with Crippen molar-refractivity contribution in [2.45, 2.75) is 6.04 Å². The lowest BCUT2D eigenvalue weighted by molar-refractivity contribution is 0.471. The highest BCUT2D eigenvalue weighted by Gasteiger charge is 2.21. The maximum Gasteiger partial charge on any atom is 0.147 e. The third-order valence-corrected chi connectivity index (χ3v) is 4.44. The molecule has 4 aromatic rings. The zero-order valence-electron chi connectivity index (χ0n) is 13.8. The van der Waals surface area contributed by atoms with Crippen LogP contribution in [0.3, 0.4) is 0 Å². The van der Waals surface area contributed by atoms with Crippen molar-refractivity contribution in [3.63, 3.8) is 0 Å². The minimum absolute atomic E-state index is 0.147. The predicted molar refractivity (Wildman–Crippen MR) is 105 cm³/mol. The highest BCUT2D eigenvalue weighted by atomic mass is 35.5. The van der Waals surface area contributed by atoms with Crippen molar-refractivity contribution < 1.29 is 5.11 Å². The monoisotopic (exact) mass is 361 g/mol. The molecule has 128 valence electrons. The van der Waals surface area contributed by atoms with Crippen LogP contribution in [-0.4, -0.2) is 15.1 Å². The molecule has 26 heavy (non-hydrogen) atoms. The van der Waals surface area contributed by atoms with Crippen LogP contribution >= 0.6 is 11.6 Å². The van der Waals surface area contributed by atoms with Crippen molar-refractivity contribution in [2.75, 3.05) is 5.32 Å². The van der Waals surface area contributed by atoms with E-state index in [1.54, 1.807) is 12.4 Å². The molecule has 0 amide bonds. The number of nitrogens with zero attached hydrogens (tertiary/aromatic N) is 2. The maximum absolute atomic E-state index is 10.9. The SMILES string of the molecule is Oc1c([C@@H](Nc2cccc(Cl)c2)c2ccccn2)ccc2cccnc12. The number of phenolic OH excluding ortho intramolecular Hbond substituents is 1. The first-order chi connectivity index (χ1) is 12.7. The van der Waals surface area contributed by atoms with Gasteiger partial charge in [-0.3, -0.25) is 9.97 Å². The van der Waals surface area contributed by atoms with Gasteiger partial charge in [-0.15, -0.1) is 0 Å². The lowest BCUT2D eigenvalue weighted by atomic mass is 9.99. The lowest BCUT2D eigenvalue weighted by Gasteiger charge is -2.21. The van der Waals surface area contributed by atoms with Gasteiger partial charge in [0.2, 0.25) is 0 Å². The number of anilines is 1. The van der Waals surface area contributed by atoms with Gasteiger partial charge in [0.05, 0.1) is 11.7 Å². The number of hydrogen-bond acceptors (Lipinski definition) is 4. The van der Waals surface area contributed by atoms with Crippen LogP contribution < -0.4 is 5.32 Å². The minimum atomic E-state index is -0.346. The molecule has 0 bridgehead atoms. The first-order valence-electron chi connectivity index (χ1n) is 8.22. The summed E-state index contributed by atoms with van der Waals surface area (Å²) in [4.78, 5) is 8.79. The zero-order valence-corrected chi connectivity index (χ0v) is 14.6. The Morgan fingerprint density at radius 1 is 0.885 bits per heavy atom. The molecule has 0 saturated carbocycles. The molecule has 5 heteroatoms. The molecule has 2 heterocycles. The molecule has 2 N–H and O–H groups in total. The third-order valence-electron chi connectivity index (χ3n) is 4.21. The van der Waals surface area contributed by atoms with Crippen LogP contribution in [0.5, 0.6) is 5.75 Å². The van der Waals surface area contributed by atoms with E-state index in [0.717, 1.165) is 16.8 Å². The fraction of sp³-hybridized carbons (Fsp3) is 0.0476. The lowest BCUT2D eigenvalue weighted by Crippen LogP contribution is -2.14. The van der Waals surface area contributed by atoms with E-state index in [1.807, 2.05) is 66.7 Å². The topological polar surface area (TPSA) is 58.0 Å². The molecule has 0 aliphatic rings. The van der Waals surface area contributed by atoms with Crippen molar-refractivity contribution in [3.05, 3.63) is 95.4 Å². The van der Waals surface area contributed by atoms with Gasteiger partial charge in [0.1, 0.15) is 11.3 Å². The second kappa shape index (κ2) is 7.02. The van der Waals surface area contributed by atoms with Crippen LogP contribution in [0.25, 0.3) is 10.9 Å². The van der Waals surface area contributed by atoms with Gasteiger partial charge in [-0.25, -0.2) is 0 Å². The Bertz CT molecular complexity index is 1050. The third kappa shape index (κ3) is 3.19. The molecule has 4 rings (SSSR count). The Balaban J connectivity index is 1.84. The van der Waals surface area contributed by atoms with Gasteiger partial charge >= 0.3 is 0 Å². The van der Waals surface area contributed by atoms with E-state index >= 15 is 0 Å². The second-order valence-corrected chi connectivity index (χ2v) is 6.36. The number of aromatic hydroxyl groups is 1. The fourth-order valence-electron chi connectivity index (χ4n) is 2.98. The van der Waals surface area contributed by atoms with E-state index in [4.69, 9.17) is 11.6 Å². The average molecular weight is 362 g/mol. The van der Waals surface area contributed by atoms with Crippen molar-refractivity contribution in [3.8, 4) is 5.75 Å². The van der Waals surface area contributed by atoms with Crippen LogP contribution in [0.2, 0.25) is 5.02 Å². The normalized spacial score (nSPS) is 12.0. The number of fused-ring (bicyclic) bond motifs is 1. The van der Waals surface area contributed by atoms with Gasteiger partial charge in [0, 0.05) is 34.1 Å². The highest BCUT2D eigenvalue weighted by molar-refractivity contribution is 6.30. The van der Waals surface area contributed by atoms with Crippen molar-refractivity contribution in [2.24, 2.45) is 0 Å². The van der Waals surface area contributed by atoms with Crippen LogP contribution in [0.1, 0.15) is 17.3 Å². The number of pyridine rings is 2. The first kappa shape index (κ1) is 16.4. The standard InChI is InChI=1S/C21H16ClN3O/c22-15-6-3-7-16(13-15)25-20(18-8-1-2-11-23-18)17-10-9-14-5-4-12-24-19(14)21(17)26/h1-13,20,25-26H/t20-/m1/s1. The van der Waals surface area contributed by atoms with E-state index in [2.05, 4.69) is 15.3 Å². The smallest absolute Gasteiger partial charge is 0.147 e. The Morgan fingerprint density at radius 3 is 2.58 bits per heavy atom. The van der Waals surface area contributed by atoms with E-state index in [-0.39, 0.29) is 11.8 Å². The molecule has 0 spiro atoms. The molecule has 1 atom stereocenters. The largest absolute Gasteiger partial charge is 0.505 e. The summed E-state index contributed by atoms with van der Waals surface area (Å²) in [6.45, 7) is 0. The summed E-state index contributed by atoms with van der Waals surface area (Å²) in [6, 6.07) is 20.4. The quantitative estimate of drug-likeness (QED) is 0.525. The molecule has 4 nitrogen and oxygen atoms in total. The number of nitrogens with one attached hydrogen (secondary N) is 1. The van der Waals surface area contributed by atoms with E-state index in [9.17, 15) is 5.11 Å².